The first kappa shape index (κ1) is 14.8. The highest BCUT2D eigenvalue weighted by molar-refractivity contribution is 5.88. The number of hydrogen-bond acceptors (Lipinski definition) is 4. The zero-order valence-electron chi connectivity index (χ0n) is 12.7. The van der Waals surface area contributed by atoms with E-state index < -0.39 is 6.04 Å². The first-order valence-corrected chi connectivity index (χ1v) is 7.77. The molecule has 1 aromatic heterocycles. The fourth-order valence-corrected chi connectivity index (χ4v) is 3.06. The molecule has 8 nitrogen and oxygen atoms in total. The van der Waals surface area contributed by atoms with Crippen molar-refractivity contribution in [1.82, 2.24) is 24.6 Å². The third kappa shape index (κ3) is 2.77. The Morgan fingerprint density at radius 1 is 1.27 bits per heavy atom. The Hall–Kier alpha value is -2.12. The summed E-state index contributed by atoms with van der Waals surface area (Å²) < 4.78 is 2.87. The Morgan fingerprint density at radius 2 is 2.09 bits per heavy atom. The summed E-state index contributed by atoms with van der Waals surface area (Å²) in [4.78, 5) is 37.7. The lowest BCUT2D eigenvalue weighted by molar-refractivity contribution is -0.132. The molecule has 1 N–H and O–H groups in total. The smallest absolute Gasteiger partial charge is 0.344 e. The number of amides is 2. The molecule has 0 saturated carbocycles. The normalized spacial score (nSPS) is 21.6. The average Bonchev–Trinajstić information content (AvgIpc) is 2.85. The van der Waals surface area contributed by atoms with Crippen LogP contribution < -0.4 is 11.0 Å². The number of likely N-dealkylation sites (tertiary alicyclic amines) is 1. The predicted molar refractivity (Wildman–Crippen MR) is 78.2 cm³/mol. The maximum absolute atomic E-state index is 12.3. The van der Waals surface area contributed by atoms with Gasteiger partial charge in [0.05, 0.1) is 0 Å². The molecule has 3 rings (SSSR count). The molecule has 1 atom stereocenters. The number of hydrogen-bond donors (Lipinski definition) is 1. The van der Waals surface area contributed by atoms with Gasteiger partial charge in [0.1, 0.15) is 18.4 Å². The van der Waals surface area contributed by atoms with E-state index in [-0.39, 0.29) is 24.0 Å². The third-order valence-electron chi connectivity index (χ3n) is 4.34. The van der Waals surface area contributed by atoms with Crippen molar-refractivity contribution in [3.8, 4) is 0 Å². The summed E-state index contributed by atoms with van der Waals surface area (Å²) in [5.41, 5.74) is -0.234. The van der Waals surface area contributed by atoms with Crippen molar-refractivity contribution in [2.45, 2.75) is 51.2 Å². The zero-order chi connectivity index (χ0) is 15.7. The molecule has 1 fully saturated rings. The molecule has 22 heavy (non-hydrogen) atoms. The van der Waals surface area contributed by atoms with Crippen LogP contribution in [0.2, 0.25) is 0 Å². The second-order valence-corrected chi connectivity index (χ2v) is 5.99. The SMILES string of the molecule is CN1CCC(NC(=O)Cn2nc3n(c2=O)CCCCC3)C1=O. The van der Waals surface area contributed by atoms with Crippen molar-refractivity contribution in [2.75, 3.05) is 13.6 Å². The largest absolute Gasteiger partial charge is 0.346 e. The van der Waals surface area contributed by atoms with E-state index in [0.717, 1.165) is 31.5 Å². The lowest BCUT2D eigenvalue weighted by atomic mass is 10.2. The van der Waals surface area contributed by atoms with Crippen molar-refractivity contribution in [2.24, 2.45) is 0 Å². The van der Waals surface area contributed by atoms with Crippen LogP contribution in [0.1, 0.15) is 31.5 Å². The maximum atomic E-state index is 12.3. The number of carbonyl (C=O) groups excluding carboxylic acids is 2. The van der Waals surface area contributed by atoms with Gasteiger partial charge in [0.15, 0.2) is 0 Å². The number of rotatable bonds is 3. The van der Waals surface area contributed by atoms with E-state index >= 15 is 0 Å². The lowest BCUT2D eigenvalue weighted by Gasteiger charge is -2.11. The predicted octanol–water partition coefficient (Wildman–Crippen LogP) is -0.882. The molecule has 0 aromatic carbocycles. The van der Waals surface area contributed by atoms with Gasteiger partial charge in [-0.25, -0.2) is 9.48 Å². The van der Waals surface area contributed by atoms with Crippen LogP contribution in [0, 0.1) is 0 Å². The fourth-order valence-electron chi connectivity index (χ4n) is 3.06. The quantitative estimate of drug-likeness (QED) is 0.785. The Bertz CT molecular complexity index is 647. The van der Waals surface area contributed by atoms with Crippen LogP contribution >= 0.6 is 0 Å². The molecule has 1 unspecified atom stereocenters. The molecule has 0 spiro atoms. The number of aromatic nitrogens is 3. The van der Waals surface area contributed by atoms with Gasteiger partial charge >= 0.3 is 5.69 Å². The van der Waals surface area contributed by atoms with Crippen molar-refractivity contribution in [3.63, 3.8) is 0 Å². The van der Waals surface area contributed by atoms with Gasteiger partial charge in [-0.15, -0.1) is 0 Å². The Labute approximate surface area is 128 Å². The summed E-state index contributed by atoms with van der Waals surface area (Å²) in [6.45, 7) is 1.18. The topological polar surface area (TPSA) is 89.2 Å². The molecule has 0 bridgehead atoms. The monoisotopic (exact) mass is 307 g/mol. The van der Waals surface area contributed by atoms with Crippen LogP contribution in [0.25, 0.3) is 0 Å². The Balaban J connectivity index is 1.67. The van der Waals surface area contributed by atoms with Crippen molar-refractivity contribution in [3.05, 3.63) is 16.3 Å². The van der Waals surface area contributed by atoms with Gasteiger partial charge < -0.3 is 10.2 Å². The summed E-state index contributed by atoms with van der Waals surface area (Å²) in [5, 5.41) is 6.96. The molecule has 2 aliphatic heterocycles. The molecule has 0 aliphatic carbocycles. The number of fused-ring (bicyclic) bond motifs is 1. The lowest BCUT2D eigenvalue weighted by Crippen LogP contribution is -2.43. The average molecular weight is 307 g/mol. The van der Waals surface area contributed by atoms with E-state index in [1.54, 1.807) is 16.5 Å². The minimum absolute atomic E-state index is 0.0821. The van der Waals surface area contributed by atoms with Crippen LogP contribution in [-0.4, -0.2) is 50.7 Å². The molecule has 3 heterocycles. The molecule has 1 aromatic rings. The molecule has 8 heteroatoms. The van der Waals surface area contributed by atoms with Crippen LogP contribution in [0.3, 0.4) is 0 Å². The molecular formula is C14H21N5O3. The molecule has 2 aliphatic rings. The minimum Gasteiger partial charge on any atom is -0.344 e. The van der Waals surface area contributed by atoms with E-state index in [4.69, 9.17) is 0 Å². The van der Waals surface area contributed by atoms with Crippen LogP contribution in [0.4, 0.5) is 0 Å². The number of nitrogens with zero attached hydrogens (tertiary/aromatic N) is 4. The summed E-state index contributed by atoms with van der Waals surface area (Å²) in [5.74, 6) is 0.331. The maximum Gasteiger partial charge on any atom is 0.346 e. The standard InChI is InChI=1S/C14H21N5O3/c1-17-8-6-10(13(17)21)15-12(20)9-19-14(22)18-7-4-2-3-5-11(18)16-19/h10H,2-9H2,1H3,(H,15,20). The van der Waals surface area contributed by atoms with Crippen LogP contribution in [0.15, 0.2) is 4.79 Å². The van der Waals surface area contributed by atoms with Crippen molar-refractivity contribution in [1.29, 1.82) is 0 Å². The van der Waals surface area contributed by atoms with Gasteiger partial charge in [-0.1, -0.05) is 6.42 Å². The summed E-state index contributed by atoms with van der Waals surface area (Å²) in [6, 6.07) is -0.478. The van der Waals surface area contributed by atoms with E-state index in [0.29, 0.717) is 19.5 Å². The second kappa shape index (κ2) is 5.94. The summed E-state index contributed by atoms with van der Waals surface area (Å²) in [7, 11) is 1.71. The highest BCUT2D eigenvalue weighted by Crippen LogP contribution is 2.10. The number of aryl methyl sites for hydroxylation is 1. The van der Waals surface area contributed by atoms with Crippen molar-refractivity contribution < 1.29 is 9.59 Å². The van der Waals surface area contributed by atoms with Gasteiger partial charge in [0.25, 0.3) is 0 Å². The first-order chi connectivity index (χ1) is 10.6. The van der Waals surface area contributed by atoms with E-state index in [1.807, 2.05) is 0 Å². The fraction of sp³-hybridized carbons (Fsp3) is 0.714. The second-order valence-electron chi connectivity index (χ2n) is 5.99. The highest BCUT2D eigenvalue weighted by atomic mass is 16.2. The Kier molecular flexibility index (Phi) is 4.00. The summed E-state index contributed by atoms with van der Waals surface area (Å²) >= 11 is 0. The van der Waals surface area contributed by atoms with Crippen molar-refractivity contribution >= 4 is 11.8 Å². The molecular weight excluding hydrogens is 286 g/mol. The third-order valence-corrected chi connectivity index (χ3v) is 4.34. The van der Waals surface area contributed by atoms with E-state index in [1.165, 1.54) is 4.68 Å². The van der Waals surface area contributed by atoms with Gasteiger partial charge in [0, 0.05) is 26.6 Å². The highest BCUT2D eigenvalue weighted by Gasteiger charge is 2.30. The Morgan fingerprint density at radius 3 is 2.82 bits per heavy atom. The van der Waals surface area contributed by atoms with Crippen LogP contribution in [-0.2, 0) is 29.1 Å². The van der Waals surface area contributed by atoms with Gasteiger partial charge in [0.2, 0.25) is 11.8 Å². The first-order valence-electron chi connectivity index (χ1n) is 7.77. The van der Waals surface area contributed by atoms with E-state index in [2.05, 4.69) is 10.4 Å². The van der Waals surface area contributed by atoms with Gasteiger partial charge in [-0.2, -0.15) is 5.10 Å². The van der Waals surface area contributed by atoms with Crippen LogP contribution in [0.5, 0.6) is 0 Å². The van der Waals surface area contributed by atoms with E-state index in [9.17, 15) is 14.4 Å². The molecule has 1 saturated heterocycles. The van der Waals surface area contributed by atoms with Gasteiger partial charge in [-0.05, 0) is 19.3 Å². The summed E-state index contributed by atoms with van der Waals surface area (Å²) in [6.07, 6.45) is 4.46. The zero-order valence-corrected chi connectivity index (χ0v) is 12.7. The number of nitrogens with one attached hydrogen (secondary N) is 1. The minimum atomic E-state index is -0.478. The molecule has 2 amide bonds. The molecule has 120 valence electrons. The number of carbonyl (C=O) groups is 2. The molecule has 0 radical (unpaired) electrons. The van der Waals surface area contributed by atoms with Gasteiger partial charge in [-0.3, -0.25) is 14.2 Å². The number of likely N-dealkylation sites (N-methyl/N-ethyl adjacent to an activating group) is 1.